The zero-order valence-corrected chi connectivity index (χ0v) is 10.5. The van der Waals surface area contributed by atoms with E-state index in [1.165, 1.54) is 0 Å². The van der Waals surface area contributed by atoms with Gasteiger partial charge in [0.1, 0.15) is 12.0 Å². The van der Waals surface area contributed by atoms with E-state index in [9.17, 15) is 9.59 Å². The molecule has 0 aliphatic heterocycles. The second-order valence-corrected chi connectivity index (χ2v) is 3.93. The highest BCUT2D eigenvalue weighted by Crippen LogP contribution is 2.25. The van der Waals surface area contributed by atoms with Crippen LogP contribution in [-0.2, 0) is 4.79 Å². The van der Waals surface area contributed by atoms with Crippen LogP contribution in [0.5, 0.6) is 5.75 Å². The van der Waals surface area contributed by atoms with Crippen molar-refractivity contribution < 1.29 is 14.3 Å². The first-order valence-corrected chi connectivity index (χ1v) is 5.54. The van der Waals surface area contributed by atoms with Gasteiger partial charge in [-0.1, -0.05) is 5.92 Å². The normalized spacial score (nSPS) is 9.18. The molecular formula is C12H10BrNO3. The SMILES string of the molecule is C#CCNC(=O)COc1ccc(C=O)cc1Br. The van der Waals surface area contributed by atoms with Gasteiger partial charge in [-0.25, -0.2) is 0 Å². The summed E-state index contributed by atoms with van der Waals surface area (Å²) in [6, 6.07) is 4.83. The predicted octanol–water partition coefficient (Wildman–Crippen LogP) is 1.39. The number of ether oxygens (including phenoxy) is 1. The molecule has 0 saturated carbocycles. The number of terminal acetylenes is 1. The van der Waals surface area contributed by atoms with E-state index in [0.29, 0.717) is 15.8 Å². The van der Waals surface area contributed by atoms with Crippen molar-refractivity contribution in [3.8, 4) is 18.1 Å². The summed E-state index contributed by atoms with van der Waals surface area (Å²) < 4.78 is 5.87. The lowest BCUT2D eigenvalue weighted by molar-refractivity contribution is -0.122. The lowest BCUT2D eigenvalue weighted by Crippen LogP contribution is -2.29. The first-order chi connectivity index (χ1) is 8.17. The molecule has 1 aromatic rings. The summed E-state index contributed by atoms with van der Waals surface area (Å²) in [5.41, 5.74) is 0.529. The molecule has 0 fully saturated rings. The van der Waals surface area contributed by atoms with Crippen molar-refractivity contribution in [1.29, 1.82) is 0 Å². The van der Waals surface area contributed by atoms with Crippen molar-refractivity contribution in [2.75, 3.05) is 13.2 Å². The highest BCUT2D eigenvalue weighted by Gasteiger charge is 2.05. The third-order valence-electron chi connectivity index (χ3n) is 1.84. The van der Waals surface area contributed by atoms with Gasteiger partial charge in [0.05, 0.1) is 11.0 Å². The molecule has 0 bridgehead atoms. The fraction of sp³-hybridized carbons (Fsp3) is 0.167. The summed E-state index contributed by atoms with van der Waals surface area (Å²) in [5.74, 6) is 2.48. The number of nitrogens with one attached hydrogen (secondary N) is 1. The van der Waals surface area contributed by atoms with Crippen LogP contribution in [0, 0.1) is 12.3 Å². The van der Waals surface area contributed by atoms with Crippen molar-refractivity contribution >= 4 is 28.1 Å². The molecule has 0 unspecified atom stereocenters. The third-order valence-corrected chi connectivity index (χ3v) is 2.46. The molecule has 0 heterocycles. The van der Waals surface area contributed by atoms with E-state index in [2.05, 4.69) is 27.2 Å². The molecule has 5 heteroatoms. The smallest absolute Gasteiger partial charge is 0.258 e. The van der Waals surface area contributed by atoms with Crippen molar-refractivity contribution in [2.45, 2.75) is 0 Å². The van der Waals surface area contributed by atoms with E-state index in [0.717, 1.165) is 6.29 Å². The highest BCUT2D eigenvalue weighted by atomic mass is 79.9. The summed E-state index contributed by atoms with van der Waals surface area (Å²) in [4.78, 5) is 21.7. The lowest BCUT2D eigenvalue weighted by Gasteiger charge is -2.07. The van der Waals surface area contributed by atoms with Gasteiger partial charge < -0.3 is 10.1 Å². The largest absolute Gasteiger partial charge is 0.483 e. The van der Waals surface area contributed by atoms with E-state index < -0.39 is 0 Å². The van der Waals surface area contributed by atoms with Crippen molar-refractivity contribution in [2.24, 2.45) is 0 Å². The molecule has 0 spiro atoms. The Hall–Kier alpha value is -1.80. The van der Waals surface area contributed by atoms with Gasteiger partial charge in [0, 0.05) is 5.56 Å². The van der Waals surface area contributed by atoms with Crippen LogP contribution in [0.4, 0.5) is 0 Å². The summed E-state index contributed by atoms with van der Waals surface area (Å²) in [7, 11) is 0. The molecule has 17 heavy (non-hydrogen) atoms. The molecule has 4 nitrogen and oxygen atoms in total. The lowest BCUT2D eigenvalue weighted by atomic mass is 10.2. The molecule has 1 rings (SSSR count). The van der Waals surface area contributed by atoms with E-state index >= 15 is 0 Å². The Bertz CT molecular complexity index is 465. The van der Waals surface area contributed by atoms with Crippen LogP contribution in [0.1, 0.15) is 10.4 Å². The fourth-order valence-electron chi connectivity index (χ4n) is 1.05. The van der Waals surface area contributed by atoms with Crippen LogP contribution in [0.2, 0.25) is 0 Å². The minimum Gasteiger partial charge on any atom is -0.483 e. The topological polar surface area (TPSA) is 55.4 Å². The van der Waals surface area contributed by atoms with Crippen molar-refractivity contribution in [1.82, 2.24) is 5.32 Å². The number of carbonyl (C=O) groups excluding carboxylic acids is 2. The van der Waals surface area contributed by atoms with Crippen LogP contribution >= 0.6 is 15.9 Å². The van der Waals surface area contributed by atoms with E-state index in [-0.39, 0.29) is 19.1 Å². The molecular weight excluding hydrogens is 286 g/mol. The quantitative estimate of drug-likeness (QED) is 0.660. The Morgan fingerprint density at radius 1 is 1.59 bits per heavy atom. The number of rotatable bonds is 5. The van der Waals surface area contributed by atoms with Crippen LogP contribution in [0.25, 0.3) is 0 Å². The standard InChI is InChI=1S/C12H10BrNO3/c1-2-5-14-12(16)8-17-11-4-3-9(7-15)6-10(11)13/h1,3-4,6-7H,5,8H2,(H,14,16). The van der Waals surface area contributed by atoms with E-state index in [1.807, 2.05) is 0 Å². The summed E-state index contributed by atoms with van der Waals surface area (Å²) in [6.45, 7) is 0.0498. The van der Waals surface area contributed by atoms with Gasteiger partial charge in [0.25, 0.3) is 5.91 Å². The second-order valence-electron chi connectivity index (χ2n) is 3.08. The van der Waals surface area contributed by atoms with Gasteiger partial charge in [0.2, 0.25) is 0 Å². The molecule has 0 saturated heterocycles. The van der Waals surface area contributed by atoms with Crippen LogP contribution < -0.4 is 10.1 Å². The van der Waals surface area contributed by atoms with Crippen molar-refractivity contribution in [3.05, 3.63) is 28.2 Å². The molecule has 0 aromatic heterocycles. The maximum atomic E-state index is 11.2. The summed E-state index contributed by atoms with van der Waals surface area (Å²) in [5, 5.41) is 2.47. The Morgan fingerprint density at radius 2 is 2.35 bits per heavy atom. The van der Waals surface area contributed by atoms with Gasteiger partial charge in [0.15, 0.2) is 6.61 Å². The molecule has 1 N–H and O–H groups in total. The van der Waals surface area contributed by atoms with Crippen LogP contribution in [0.3, 0.4) is 0 Å². The first-order valence-electron chi connectivity index (χ1n) is 4.75. The van der Waals surface area contributed by atoms with Crippen LogP contribution in [0.15, 0.2) is 22.7 Å². The maximum absolute atomic E-state index is 11.2. The molecule has 0 radical (unpaired) electrons. The van der Waals surface area contributed by atoms with Gasteiger partial charge in [-0.15, -0.1) is 6.42 Å². The molecule has 0 aliphatic rings. The van der Waals surface area contributed by atoms with Gasteiger partial charge in [-0.05, 0) is 34.1 Å². The van der Waals surface area contributed by atoms with Crippen molar-refractivity contribution in [3.63, 3.8) is 0 Å². The highest BCUT2D eigenvalue weighted by molar-refractivity contribution is 9.10. The minimum atomic E-state index is -0.297. The number of hydrogen-bond donors (Lipinski definition) is 1. The summed E-state index contributed by atoms with van der Waals surface area (Å²) >= 11 is 3.24. The average Bonchev–Trinajstić information content (AvgIpc) is 2.34. The Balaban J connectivity index is 2.55. The summed E-state index contributed by atoms with van der Waals surface area (Å²) in [6.07, 6.45) is 5.72. The van der Waals surface area contributed by atoms with Gasteiger partial charge in [-0.2, -0.15) is 0 Å². The molecule has 88 valence electrons. The number of aldehydes is 1. The van der Waals surface area contributed by atoms with Gasteiger partial charge in [-0.3, -0.25) is 9.59 Å². The third kappa shape index (κ3) is 4.29. The monoisotopic (exact) mass is 295 g/mol. The zero-order valence-electron chi connectivity index (χ0n) is 8.90. The second kappa shape index (κ2) is 6.71. The number of amides is 1. The Labute approximate surface area is 107 Å². The minimum absolute atomic E-state index is 0.124. The van der Waals surface area contributed by atoms with E-state index in [1.54, 1.807) is 18.2 Å². The maximum Gasteiger partial charge on any atom is 0.258 e. The Morgan fingerprint density at radius 3 is 2.94 bits per heavy atom. The van der Waals surface area contributed by atoms with E-state index in [4.69, 9.17) is 11.2 Å². The van der Waals surface area contributed by atoms with Crippen LogP contribution in [-0.4, -0.2) is 25.3 Å². The number of carbonyl (C=O) groups is 2. The fourth-order valence-corrected chi connectivity index (χ4v) is 1.56. The number of benzene rings is 1. The molecule has 1 amide bonds. The number of halogens is 1. The number of hydrogen-bond acceptors (Lipinski definition) is 3. The van der Waals surface area contributed by atoms with Gasteiger partial charge >= 0.3 is 0 Å². The predicted molar refractivity (Wildman–Crippen MR) is 66.9 cm³/mol. The average molecular weight is 296 g/mol. The molecule has 0 aliphatic carbocycles. The zero-order chi connectivity index (χ0) is 12.7. The first kappa shape index (κ1) is 13.3. The molecule has 1 aromatic carbocycles. The Kier molecular flexibility index (Phi) is 5.24. The molecule has 0 atom stereocenters.